The summed E-state index contributed by atoms with van der Waals surface area (Å²) in [4.78, 5) is 41.0. The van der Waals surface area contributed by atoms with Gasteiger partial charge in [-0.05, 0) is 60.5 Å². The van der Waals surface area contributed by atoms with Crippen LogP contribution in [0.4, 0.5) is 4.79 Å². The Balaban J connectivity index is 3.49. The van der Waals surface area contributed by atoms with Crippen LogP contribution in [-0.4, -0.2) is 57.4 Å². The number of nitrogens with one attached hydrogen (secondary N) is 2. The van der Waals surface area contributed by atoms with E-state index in [-0.39, 0.29) is 18.0 Å². The summed E-state index contributed by atoms with van der Waals surface area (Å²) >= 11 is 4.27. The SMILES string of the molecule is CCCCN(C(=O)C(CS)NC(=O)OC(C)(C)C)C(C(=O)NC(C)(C)C)c1cccc(C)c1O. The molecule has 0 aromatic heterocycles. The maximum Gasteiger partial charge on any atom is 0.408 e. The minimum Gasteiger partial charge on any atom is -0.507 e. The molecule has 0 fully saturated rings. The molecule has 3 N–H and O–H groups in total. The quantitative estimate of drug-likeness (QED) is 0.386. The van der Waals surface area contributed by atoms with Crippen molar-refractivity contribution in [3.05, 3.63) is 29.3 Å². The smallest absolute Gasteiger partial charge is 0.408 e. The Labute approximate surface area is 209 Å². The second-order valence-corrected chi connectivity index (χ2v) is 10.8. The number of hydrogen-bond acceptors (Lipinski definition) is 6. The molecule has 2 unspecified atom stereocenters. The van der Waals surface area contributed by atoms with Gasteiger partial charge in [-0.15, -0.1) is 0 Å². The molecule has 0 aliphatic carbocycles. The summed E-state index contributed by atoms with van der Waals surface area (Å²) in [7, 11) is 0. The van der Waals surface area contributed by atoms with Crippen LogP contribution in [0.5, 0.6) is 5.75 Å². The highest BCUT2D eigenvalue weighted by atomic mass is 32.1. The predicted octanol–water partition coefficient (Wildman–Crippen LogP) is 4.11. The molecule has 1 aromatic carbocycles. The number of nitrogens with zero attached hydrogens (tertiary/aromatic N) is 1. The predicted molar refractivity (Wildman–Crippen MR) is 137 cm³/mol. The molecule has 0 saturated heterocycles. The van der Waals surface area contributed by atoms with Gasteiger partial charge in [0.15, 0.2) is 0 Å². The molecule has 0 saturated carbocycles. The Bertz CT molecular complexity index is 861. The largest absolute Gasteiger partial charge is 0.507 e. The summed E-state index contributed by atoms with van der Waals surface area (Å²) in [6, 6.07) is 2.99. The number of alkyl carbamates (subject to hydrolysis) is 1. The van der Waals surface area contributed by atoms with Gasteiger partial charge in [0, 0.05) is 23.4 Å². The van der Waals surface area contributed by atoms with Crippen molar-refractivity contribution < 1.29 is 24.2 Å². The summed E-state index contributed by atoms with van der Waals surface area (Å²) in [6.45, 7) is 14.7. The van der Waals surface area contributed by atoms with Crippen LogP contribution in [0.2, 0.25) is 0 Å². The monoisotopic (exact) mass is 495 g/mol. The molecule has 0 spiro atoms. The lowest BCUT2D eigenvalue weighted by Gasteiger charge is -2.36. The van der Waals surface area contributed by atoms with Gasteiger partial charge in [0.05, 0.1) is 0 Å². The number of carbonyl (C=O) groups excluding carboxylic acids is 3. The molecule has 0 radical (unpaired) electrons. The van der Waals surface area contributed by atoms with E-state index in [1.807, 2.05) is 27.7 Å². The van der Waals surface area contributed by atoms with Crippen molar-refractivity contribution in [1.82, 2.24) is 15.5 Å². The Kier molecular flexibility index (Phi) is 10.7. The number of carbonyl (C=O) groups is 3. The van der Waals surface area contributed by atoms with E-state index >= 15 is 0 Å². The van der Waals surface area contributed by atoms with Crippen LogP contribution in [0.1, 0.15) is 78.5 Å². The third-order valence-corrected chi connectivity index (χ3v) is 5.19. The molecule has 1 rings (SSSR count). The number of benzene rings is 1. The first-order valence-electron chi connectivity index (χ1n) is 11.6. The van der Waals surface area contributed by atoms with Gasteiger partial charge in [0.25, 0.3) is 0 Å². The number of thiol groups is 1. The first kappa shape index (κ1) is 29.6. The Morgan fingerprint density at radius 2 is 1.76 bits per heavy atom. The maximum atomic E-state index is 13.7. The van der Waals surface area contributed by atoms with Crippen LogP contribution in [0.15, 0.2) is 18.2 Å². The van der Waals surface area contributed by atoms with E-state index in [0.29, 0.717) is 17.5 Å². The number of phenolic OH excluding ortho intramolecular Hbond substituents is 1. The van der Waals surface area contributed by atoms with Gasteiger partial charge in [-0.1, -0.05) is 31.5 Å². The van der Waals surface area contributed by atoms with Crippen molar-refractivity contribution in [2.24, 2.45) is 0 Å². The van der Waals surface area contributed by atoms with E-state index in [4.69, 9.17) is 4.74 Å². The fourth-order valence-corrected chi connectivity index (χ4v) is 3.57. The van der Waals surface area contributed by atoms with E-state index in [1.165, 1.54) is 4.90 Å². The van der Waals surface area contributed by atoms with Gasteiger partial charge in [-0.2, -0.15) is 12.6 Å². The van der Waals surface area contributed by atoms with Gasteiger partial charge in [0.2, 0.25) is 11.8 Å². The molecular formula is C25H41N3O5S. The zero-order valence-electron chi connectivity index (χ0n) is 21.7. The van der Waals surface area contributed by atoms with Crippen molar-refractivity contribution in [1.29, 1.82) is 0 Å². The Hall–Kier alpha value is -2.42. The molecule has 0 heterocycles. The number of aryl methyl sites for hydroxylation is 1. The summed E-state index contributed by atoms with van der Waals surface area (Å²) in [5.74, 6) is -0.945. The molecule has 0 bridgehead atoms. The van der Waals surface area contributed by atoms with Gasteiger partial charge in [-0.3, -0.25) is 9.59 Å². The lowest BCUT2D eigenvalue weighted by Crippen LogP contribution is -2.55. The third-order valence-electron chi connectivity index (χ3n) is 4.83. The van der Waals surface area contributed by atoms with E-state index in [9.17, 15) is 19.5 Å². The van der Waals surface area contributed by atoms with Gasteiger partial charge in [0.1, 0.15) is 23.4 Å². The molecule has 0 aliphatic heterocycles. The number of hydrogen-bond donors (Lipinski definition) is 4. The van der Waals surface area contributed by atoms with Gasteiger partial charge < -0.3 is 25.4 Å². The number of para-hydroxylation sites is 1. The van der Waals surface area contributed by atoms with Crippen LogP contribution in [0.25, 0.3) is 0 Å². The molecule has 192 valence electrons. The average molecular weight is 496 g/mol. The molecule has 9 heteroatoms. The number of amides is 3. The van der Waals surface area contributed by atoms with E-state index < -0.39 is 41.1 Å². The van der Waals surface area contributed by atoms with Crippen LogP contribution >= 0.6 is 12.6 Å². The second-order valence-electron chi connectivity index (χ2n) is 10.4. The van der Waals surface area contributed by atoms with Crippen molar-refractivity contribution in [3.8, 4) is 5.75 Å². The van der Waals surface area contributed by atoms with Crippen LogP contribution in [0.3, 0.4) is 0 Å². The fraction of sp³-hybridized carbons (Fsp3) is 0.640. The number of phenols is 1. The normalized spacial score (nSPS) is 13.6. The van der Waals surface area contributed by atoms with Crippen molar-refractivity contribution >= 4 is 30.5 Å². The van der Waals surface area contributed by atoms with E-state index in [0.717, 1.165) is 6.42 Å². The summed E-state index contributed by atoms with van der Waals surface area (Å²) in [5.41, 5.74) is -0.391. The summed E-state index contributed by atoms with van der Waals surface area (Å²) in [6.07, 6.45) is 0.662. The molecule has 8 nitrogen and oxygen atoms in total. The zero-order chi connectivity index (χ0) is 26.3. The number of rotatable bonds is 9. The minimum absolute atomic E-state index is 0.00805. The highest BCUT2D eigenvalue weighted by Crippen LogP contribution is 2.33. The molecule has 34 heavy (non-hydrogen) atoms. The molecule has 1 aromatic rings. The fourth-order valence-electron chi connectivity index (χ4n) is 3.32. The highest BCUT2D eigenvalue weighted by Gasteiger charge is 2.38. The second kappa shape index (κ2) is 12.3. The Morgan fingerprint density at radius 3 is 2.26 bits per heavy atom. The highest BCUT2D eigenvalue weighted by molar-refractivity contribution is 7.80. The molecule has 3 amide bonds. The van der Waals surface area contributed by atoms with Gasteiger partial charge in [-0.25, -0.2) is 4.79 Å². The van der Waals surface area contributed by atoms with Crippen molar-refractivity contribution in [2.75, 3.05) is 12.3 Å². The number of ether oxygens (including phenoxy) is 1. The first-order valence-corrected chi connectivity index (χ1v) is 12.3. The third kappa shape index (κ3) is 9.08. The maximum absolute atomic E-state index is 13.7. The Morgan fingerprint density at radius 1 is 1.15 bits per heavy atom. The first-order chi connectivity index (χ1) is 15.6. The zero-order valence-corrected chi connectivity index (χ0v) is 22.6. The van der Waals surface area contributed by atoms with Crippen LogP contribution in [0, 0.1) is 6.92 Å². The lowest BCUT2D eigenvalue weighted by atomic mass is 9.97. The van der Waals surface area contributed by atoms with Gasteiger partial charge >= 0.3 is 6.09 Å². The van der Waals surface area contributed by atoms with E-state index in [2.05, 4.69) is 23.3 Å². The molecule has 2 atom stereocenters. The number of unbranched alkanes of at least 4 members (excludes halogenated alkanes) is 1. The summed E-state index contributed by atoms with van der Waals surface area (Å²) in [5, 5.41) is 16.3. The number of aromatic hydroxyl groups is 1. The minimum atomic E-state index is -1.10. The lowest BCUT2D eigenvalue weighted by molar-refractivity contribution is -0.142. The molecule has 0 aliphatic rings. The molecular weight excluding hydrogens is 454 g/mol. The van der Waals surface area contributed by atoms with Crippen LogP contribution in [-0.2, 0) is 14.3 Å². The van der Waals surface area contributed by atoms with Crippen molar-refractivity contribution in [2.45, 2.75) is 91.5 Å². The standard InChI is InChI=1S/C25H41N3O5S/c1-9-10-14-28(22(31)18(15-34)26-23(32)33-25(6,7)8)19(21(30)27-24(3,4)5)17-13-11-12-16(2)20(17)29/h11-13,18-19,29,34H,9-10,14-15H2,1-8H3,(H,26,32)(H,27,30). The van der Waals surface area contributed by atoms with Crippen LogP contribution < -0.4 is 10.6 Å². The van der Waals surface area contributed by atoms with E-state index in [1.54, 1.807) is 45.9 Å². The summed E-state index contributed by atoms with van der Waals surface area (Å²) < 4.78 is 5.30. The topological polar surface area (TPSA) is 108 Å². The average Bonchev–Trinajstić information content (AvgIpc) is 2.68. The van der Waals surface area contributed by atoms with Crippen molar-refractivity contribution in [3.63, 3.8) is 0 Å².